The minimum atomic E-state index is -0.426. The summed E-state index contributed by atoms with van der Waals surface area (Å²) >= 11 is 6.71. The first-order valence-electron chi connectivity index (χ1n) is 11.2. The molecule has 1 unspecified atom stereocenters. The lowest BCUT2D eigenvalue weighted by atomic mass is 9.94. The number of nitrogen functional groups attached to an aromatic ring is 1. The van der Waals surface area contributed by atoms with Gasteiger partial charge in [-0.3, -0.25) is 9.78 Å². The number of hydrogen-bond acceptors (Lipinski definition) is 8. The second-order valence-corrected chi connectivity index (χ2v) is 8.79. The van der Waals surface area contributed by atoms with Crippen LogP contribution in [0.3, 0.4) is 0 Å². The summed E-state index contributed by atoms with van der Waals surface area (Å²) in [5.41, 5.74) is 9.97. The van der Waals surface area contributed by atoms with Crippen LogP contribution in [0.15, 0.2) is 30.7 Å². The summed E-state index contributed by atoms with van der Waals surface area (Å²) in [5.74, 6) is 0.592. The van der Waals surface area contributed by atoms with Gasteiger partial charge in [0.05, 0.1) is 18.0 Å². The Morgan fingerprint density at radius 3 is 2.67 bits per heavy atom. The van der Waals surface area contributed by atoms with E-state index >= 15 is 0 Å². The van der Waals surface area contributed by atoms with Crippen molar-refractivity contribution in [3.05, 3.63) is 58.3 Å². The smallest absolute Gasteiger partial charge is 0.271 e. The predicted molar refractivity (Wildman–Crippen MR) is 137 cm³/mol. The molecule has 0 saturated carbocycles. The van der Waals surface area contributed by atoms with Gasteiger partial charge in [0, 0.05) is 42.0 Å². The van der Waals surface area contributed by atoms with Crippen molar-refractivity contribution in [3.8, 4) is 22.9 Å². The summed E-state index contributed by atoms with van der Waals surface area (Å²) in [6.07, 6.45) is 2.97. The molecule has 3 heterocycles. The molecule has 0 aliphatic heterocycles. The van der Waals surface area contributed by atoms with E-state index in [1.807, 2.05) is 32.9 Å². The van der Waals surface area contributed by atoms with Crippen molar-refractivity contribution in [2.45, 2.75) is 26.8 Å². The van der Waals surface area contributed by atoms with Crippen LogP contribution in [-0.2, 0) is 0 Å². The molecule has 4 rings (SSSR count). The van der Waals surface area contributed by atoms with Gasteiger partial charge in [-0.25, -0.2) is 14.6 Å². The van der Waals surface area contributed by atoms with Crippen LogP contribution >= 0.6 is 11.6 Å². The lowest BCUT2D eigenvalue weighted by Gasteiger charge is -2.23. The number of amides is 1. The number of fused-ring (bicyclic) bond motifs is 1. The fourth-order valence-electron chi connectivity index (χ4n) is 4.07. The van der Waals surface area contributed by atoms with E-state index in [-0.39, 0.29) is 17.4 Å². The van der Waals surface area contributed by atoms with Gasteiger partial charge in [-0.15, -0.1) is 0 Å². The molecule has 1 aromatic carbocycles. The van der Waals surface area contributed by atoms with Crippen LogP contribution in [0.25, 0.3) is 22.2 Å². The molecular formula is C25H25ClN8O2. The van der Waals surface area contributed by atoms with Crippen molar-refractivity contribution in [2.24, 2.45) is 0 Å². The van der Waals surface area contributed by atoms with E-state index < -0.39 is 6.04 Å². The van der Waals surface area contributed by atoms with Crippen LogP contribution in [0.5, 0.6) is 5.75 Å². The number of carbonyl (C=O) groups excluding carboxylic acids is 1. The van der Waals surface area contributed by atoms with Crippen molar-refractivity contribution in [1.82, 2.24) is 29.6 Å². The van der Waals surface area contributed by atoms with Gasteiger partial charge in [-0.1, -0.05) is 17.7 Å². The van der Waals surface area contributed by atoms with Gasteiger partial charge in [-0.05, 0) is 38.5 Å². The van der Waals surface area contributed by atoms with Crippen LogP contribution in [0, 0.1) is 18.3 Å². The van der Waals surface area contributed by atoms with E-state index in [4.69, 9.17) is 22.1 Å². The molecule has 0 aliphatic carbocycles. The number of aromatic nitrogens is 5. The van der Waals surface area contributed by atoms with Crippen molar-refractivity contribution >= 4 is 34.4 Å². The summed E-state index contributed by atoms with van der Waals surface area (Å²) in [5, 5.41) is 15.0. The first-order valence-corrected chi connectivity index (χ1v) is 11.6. The molecule has 0 bridgehead atoms. The Kier molecular flexibility index (Phi) is 6.77. The lowest BCUT2D eigenvalue weighted by Crippen LogP contribution is -2.22. The molecule has 0 radical (unpaired) electrons. The van der Waals surface area contributed by atoms with E-state index in [1.165, 1.54) is 11.2 Å². The highest BCUT2D eigenvalue weighted by Gasteiger charge is 2.26. The molecule has 1 atom stereocenters. The molecule has 1 amide bonds. The van der Waals surface area contributed by atoms with Crippen molar-refractivity contribution in [1.29, 1.82) is 5.26 Å². The first-order chi connectivity index (χ1) is 17.2. The molecule has 4 aromatic rings. The van der Waals surface area contributed by atoms with Gasteiger partial charge in [0.1, 0.15) is 29.7 Å². The maximum absolute atomic E-state index is 12.3. The molecule has 0 spiro atoms. The lowest BCUT2D eigenvalue weighted by molar-refractivity contribution is 0.0822. The third-order valence-electron chi connectivity index (χ3n) is 5.91. The zero-order chi connectivity index (χ0) is 26.1. The number of anilines is 1. The number of nitrogens with zero attached hydrogens (tertiary/aromatic N) is 7. The fourth-order valence-corrected chi connectivity index (χ4v) is 4.29. The average molecular weight is 505 g/mol. The highest BCUT2D eigenvalue weighted by molar-refractivity contribution is 6.32. The number of hydrogen-bond donors (Lipinski definition) is 1. The van der Waals surface area contributed by atoms with Crippen LogP contribution in [0.1, 0.15) is 47.2 Å². The van der Waals surface area contributed by atoms with Gasteiger partial charge in [0.25, 0.3) is 5.91 Å². The fraction of sp³-hybridized carbons (Fsp3) is 0.280. The number of ether oxygens (including phenoxy) is 1. The summed E-state index contributed by atoms with van der Waals surface area (Å²) in [6, 6.07) is 6.97. The molecule has 11 heteroatoms. The molecule has 0 saturated heterocycles. The normalized spacial score (nSPS) is 11.8. The number of nitrogens with two attached hydrogens (primary N) is 1. The van der Waals surface area contributed by atoms with Crippen molar-refractivity contribution in [3.63, 3.8) is 0 Å². The topological polar surface area (TPSA) is 136 Å². The van der Waals surface area contributed by atoms with E-state index in [1.54, 1.807) is 31.0 Å². The summed E-state index contributed by atoms with van der Waals surface area (Å²) in [7, 11) is 3.35. The highest BCUT2D eigenvalue weighted by atomic mass is 35.5. The first kappa shape index (κ1) is 24.9. The van der Waals surface area contributed by atoms with Gasteiger partial charge in [0.2, 0.25) is 0 Å². The average Bonchev–Trinajstić information content (AvgIpc) is 3.26. The van der Waals surface area contributed by atoms with Gasteiger partial charge >= 0.3 is 0 Å². The summed E-state index contributed by atoms with van der Waals surface area (Å²) in [4.78, 5) is 26.5. The SMILES string of the molecule is CCOc1c(C(C)n2nc(C#N)c3c(N)ncnc32)cc(Cl)c(C)c1-c1ccc(C(=O)N(C)C)nc1. The molecular weight excluding hydrogens is 480 g/mol. The monoisotopic (exact) mass is 504 g/mol. The maximum Gasteiger partial charge on any atom is 0.271 e. The van der Waals surface area contributed by atoms with Gasteiger partial charge < -0.3 is 15.4 Å². The molecule has 10 nitrogen and oxygen atoms in total. The standard InChI is InChI=1S/C25H25ClN8O2/c1-6-36-22-16(14(3)34-24-21(19(10-27)32-34)23(28)30-12-31-24)9-17(26)13(2)20(22)15-7-8-18(29-11-15)25(35)33(4)5/h7-9,11-12,14H,6H2,1-5H3,(H2,28,30,31). The molecule has 3 aromatic heterocycles. The van der Waals surface area contributed by atoms with Crippen LogP contribution in [-0.4, -0.2) is 56.2 Å². The molecule has 2 N–H and O–H groups in total. The third-order valence-corrected chi connectivity index (χ3v) is 6.30. The minimum Gasteiger partial charge on any atom is -0.493 e. The number of halogens is 1. The van der Waals surface area contributed by atoms with Gasteiger partial charge in [0.15, 0.2) is 11.3 Å². The number of carbonyl (C=O) groups is 1. The summed E-state index contributed by atoms with van der Waals surface area (Å²) in [6.45, 7) is 6.11. The Labute approximate surface area is 213 Å². The number of pyridine rings is 1. The van der Waals surface area contributed by atoms with Crippen molar-refractivity contribution < 1.29 is 9.53 Å². The van der Waals surface area contributed by atoms with Crippen LogP contribution in [0.2, 0.25) is 5.02 Å². The Morgan fingerprint density at radius 1 is 1.31 bits per heavy atom. The Morgan fingerprint density at radius 2 is 2.06 bits per heavy atom. The van der Waals surface area contributed by atoms with E-state index in [0.717, 1.165) is 22.3 Å². The predicted octanol–water partition coefficient (Wildman–Crippen LogP) is 4.01. The quantitative estimate of drug-likeness (QED) is 0.416. The number of rotatable bonds is 6. The minimum absolute atomic E-state index is 0.136. The Balaban J connectivity index is 1.92. The summed E-state index contributed by atoms with van der Waals surface area (Å²) < 4.78 is 7.78. The van der Waals surface area contributed by atoms with E-state index in [9.17, 15) is 10.1 Å². The van der Waals surface area contributed by atoms with E-state index in [2.05, 4.69) is 26.1 Å². The number of nitriles is 1. The van der Waals surface area contributed by atoms with Crippen LogP contribution < -0.4 is 10.5 Å². The zero-order valence-corrected chi connectivity index (χ0v) is 21.3. The molecule has 0 aliphatic rings. The largest absolute Gasteiger partial charge is 0.493 e. The molecule has 36 heavy (non-hydrogen) atoms. The maximum atomic E-state index is 12.3. The zero-order valence-electron chi connectivity index (χ0n) is 20.6. The Hall–Kier alpha value is -4.23. The second-order valence-electron chi connectivity index (χ2n) is 8.38. The highest BCUT2D eigenvalue weighted by Crippen LogP contribution is 2.43. The third kappa shape index (κ3) is 4.18. The van der Waals surface area contributed by atoms with Crippen LogP contribution in [0.4, 0.5) is 5.82 Å². The molecule has 0 fully saturated rings. The van der Waals surface area contributed by atoms with Gasteiger partial charge in [-0.2, -0.15) is 10.4 Å². The van der Waals surface area contributed by atoms with Crippen molar-refractivity contribution in [2.75, 3.05) is 26.4 Å². The van der Waals surface area contributed by atoms with E-state index in [0.29, 0.717) is 34.1 Å². The second kappa shape index (κ2) is 9.79. The number of benzene rings is 1. The molecule has 184 valence electrons. The Bertz CT molecular complexity index is 1510.